The van der Waals surface area contributed by atoms with Crippen molar-refractivity contribution in [1.82, 2.24) is 15.3 Å². The topological polar surface area (TPSA) is 92.9 Å². The van der Waals surface area contributed by atoms with Crippen molar-refractivity contribution in [2.75, 3.05) is 5.43 Å². The standard InChI is InChI=1S/C13H17N5OS/c1-7-11(20-9(3)16-7)8(2)17-13(19)10-5-4-6-15-12(10)18-14/h4-6,8H,14H2,1-3H3,(H,15,18)(H,17,19). The predicted octanol–water partition coefficient (Wildman–Crippen LogP) is 1.93. The van der Waals surface area contributed by atoms with Crippen LogP contribution in [0.2, 0.25) is 0 Å². The Hall–Kier alpha value is -1.99. The van der Waals surface area contributed by atoms with E-state index < -0.39 is 0 Å². The first-order chi connectivity index (χ1) is 9.52. The molecule has 20 heavy (non-hydrogen) atoms. The number of pyridine rings is 1. The number of hydrazine groups is 1. The molecule has 1 unspecified atom stereocenters. The molecule has 2 heterocycles. The molecule has 0 saturated heterocycles. The smallest absolute Gasteiger partial charge is 0.255 e. The fourth-order valence-corrected chi connectivity index (χ4v) is 2.92. The molecule has 7 heteroatoms. The molecule has 1 atom stereocenters. The van der Waals surface area contributed by atoms with E-state index in [2.05, 4.69) is 20.7 Å². The molecule has 4 N–H and O–H groups in total. The lowest BCUT2D eigenvalue weighted by Crippen LogP contribution is -2.28. The van der Waals surface area contributed by atoms with Gasteiger partial charge in [0.2, 0.25) is 0 Å². The molecule has 2 aromatic rings. The van der Waals surface area contributed by atoms with Crippen LogP contribution in [-0.2, 0) is 0 Å². The zero-order chi connectivity index (χ0) is 14.7. The summed E-state index contributed by atoms with van der Waals surface area (Å²) in [5, 5.41) is 3.93. The molecule has 0 bridgehead atoms. The van der Waals surface area contributed by atoms with E-state index in [4.69, 9.17) is 5.84 Å². The average Bonchev–Trinajstić information content (AvgIpc) is 2.77. The largest absolute Gasteiger partial charge is 0.345 e. The second-order valence-electron chi connectivity index (χ2n) is 4.42. The number of nitrogens with two attached hydrogens (primary N) is 1. The Morgan fingerprint density at radius 3 is 2.80 bits per heavy atom. The first-order valence-corrected chi connectivity index (χ1v) is 7.01. The number of carbonyl (C=O) groups is 1. The van der Waals surface area contributed by atoms with Crippen LogP contribution in [0.3, 0.4) is 0 Å². The van der Waals surface area contributed by atoms with E-state index in [0.717, 1.165) is 15.6 Å². The predicted molar refractivity (Wildman–Crippen MR) is 79.5 cm³/mol. The van der Waals surface area contributed by atoms with Crippen molar-refractivity contribution in [3.63, 3.8) is 0 Å². The summed E-state index contributed by atoms with van der Waals surface area (Å²) < 4.78 is 0. The minimum atomic E-state index is -0.219. The molecule has 0 aromatic carbocycles. The molecule has 2 rings (SSSR count). The van der Waals surface area contributed by atoms with Crippen molar-refractivity contribution in [3.8, 4) is 0 Å². The Morgan fingerprint density at radius 2 is 2.20 bits per heavy atom. The van der Waals surface area contributed by atoms with Gasteiger partial charge >= 0.3 is 0 Å². The number of nitrogen functional groups attached to an aromatic ring is 1. The molecular formula is C13H17N5OS. The van der Waals surface area contributed by atoms with Crippen LogP contribution in [-0.4, -0.2) is 15.9 Å². The number of anilines is 1. The van der Waals surface area contributed by atoms with E-state index in [-0.39, 0.29) is 11.9 Å². The van der Waals surface area contributed by atoms with E-state index in [1.165, 1.54) is 0 Å². The molecule has 0 aliphatic heterocycles. The van der Waals surface area contributed by atoms with Crippen molar-refractivity contribution in [2.24, 2.45) is 5.84 Å². The SMILES string of the molecule is Cc1nc(C)c(C(C)NC(=O)c2cccnc2NN)s1. The number of rotatable bonds is 4. The summed E-state index contributed by atoms with van der Waals surface area (Å²) in [6, 6.07) is 3.26. The van der Waals surface area contributed by atoms with E-state index >= 15 is 0 Å². The first-order valence-electron chi connectivity index (χ1n) is 6.19. The number of hydrogen-bond acceptors (Lipinski definition) is 6. The number of nitrogens with zero attached hydrogens (tertiary/aromatic N) is 2. The van der Waals surface area contributed by atoms with Crippen molar-refractivity contribution in [1.29, 1.82) is 0 Å². The molecule has 0 radical (unpaired) electrons. The second kappa shape index (κ2) is 5.98. The number of hydrogen-bond donors (Lipinski definition) is 3. The molecule has 0 aliphatic rings. The van der Waals surface area contributed by atoms with E-state index in [1.54, 1.807) is 29.7 Å². The Bertz CT molecular complexity index is 625. The average molecular weight is 291 g/mol. The summed E-state index contributed by atoms with van der Waals surface area (Å²) in [6.07, 6.45) is 1.58. The van der Waals surface area contributed by atoms with Crippen LogP contribution in [0.25, 0.3) is 0 Å². The number of thiazole rings is 1. The maximum Gasteiger partial charge on any atom is 0.255 e. The van der Waals surface area contributed by atoms with Gasteiger partial charge in [0, 0.05) is 11.1 Å². The third-order valence-corrected chi connectivity index (χ3v) is 4.12. The van der Waals surface area contributed by atoms with Crippen LogP contribution < -0.4 is 16.6 Å². The highest BCUT2D eigenvalue weighted by molar-refractivity contribution is 7.11. The van der Waals surface area contributed by atoms with Crippen molar-refractivity contribution < 1.29 is 4.79 Å². The number of carbonyl (C=O) groups excluding carboxylic acids is 1. The summed E-state index contributed by atoms with van der Waals surface area (Å²) in [6.45, 7) is 5.83. The van der Waals surface area contributed by atoms with Crippen LogP contribution in [0, 0.1) is 13.8 Å². The highest BCUT2D eigenvalue weighted by Crippen LogP contribution is 2.25. The minimum absolute atomic E-state index is 0.112. The Kier molecular flexibility index (Phi) is 4.31. The molecule has 2 aromatic heterocycles. The van der Waals surface area contributed by atoms with Crippen LogP contribution in [0.5, 0.6) is 0 Å². The molecule has 106 valence electrons. The Morgan fingerprint density at radius 1 is 1.45 bits per heavy atom. The third-order valence-electron chi connectivity index (χ3n) is 2.87. The van der Waals surface area contributed by atoms with Gasteiger partial charge in [0.25, 0.3) is 5.91 Å². The van der Waals surface area contributed by atoms with Crippen LogP contribution in [0.15, 0.2) is 18.3 Å². The van der Waals surface area contributed by atoms with E-state index in [1.807, 2.05) is 20.8 Å². The van der Waals surface area contributed by atoms with Gasteiger partial charge < -0.3 is 10.7 Å². The number of nitrogens with one attached hydrogen (secondary N) is 2. The first kappa shape index (κ1) is 14.4. The number of amides is 1. The van der Waals surface area contributed by atoms with Crippen molar-refractivity contribution in [3.05, 3.63) is 39.5 Å². The molecule has 6 nitrogen and oxygen atoms in total. The number of aryl methyl sites for hydroxylation is 2. The summed E-state index contributed by atoms with van der Waals surface area (Å²) in [4.78, 5) is 21.7. The van der Waals surface area contributed by atoms with Crippen molar-refractivity contribution in [2.45, 2.75) is 26.8 Å². The Labute approximate surface area is 121 Å². The molecular weight excluding hydrogens is 274 g/mol. The van der Waals surface area contributed by atoms with Crippen molar-refractivity contribution >= 4 is 23.1 Å². The lowest BCUT2D eigenvalue weighted by molar-refractivity contribution is 0.0941. The molecule has 0 saturated carbocycles. The normalized spacial score (nSPS) is 12.0. The highest BCUT2D eigenvalue weighted by Gasteiger charge is 2.18. The summed E-state index contributed by atoms with van der Waals surface area (Å²) in [7, 11) is 0. The molecule has 0 aliphatic carbocycles. The maximum absolute atomic E-state index is 12.3. The quantitative estimate of drug-likeness (QED) is 0.591. The van der Waals surface area contributed by atoms with Gasteiger partial charge in [0.1, 0.15) is 0 Å². The molecule has 1 amide bonds. The zero-order valence-corrected chi connectivity index (χ0v) is 12.4. The third kappa shape index (κ3) is 2.94. The highest BCUT2D eigenvalue weighted by atomic mass is 32.1. The van der Waals surface area contributed by atoms with Crippen LogP contribution >= 0.6 is 11.3 Å². The Balaban J connectivity index is 2.17. The fraction of sp³-hybridized carbons (Fsp3) is 0.308. The molecule has 0 spiro atoms. The van der Waals surface area contributed by atoms with E-state index in [9.17, 15) is 4.79 Å². The summed E-state index contributed by atoms with van der Waals surface area (Å²) in [5.74, 6) is 5.49. The second-order valence-corrected chi connectivity index (χ2v) is 5.66. The van der Waals surface area contributed by atoms with Gasteiger partial charge in [-0.2, -0.15) is 0 Å². The van der Waals surface area contributed by atoms with Gasteiger partial charge in [-0.05, 0) is 32.9 Å². The number of aromatic nitrogens is 2. The van der Waals surface area contributed by atoms with Gasteiger partial charge in [-0.25, -0.2) is 15.8 Å². The lowest BCUT2D eigenvalue weighted by atomic mass is 10.2. The van der Waals surface area contributed by atoms with Gasteiger partial charge in [-0.3, -0.25) is 4.79 Å². The zero-order valence-electron chi connectivity index (χ0n) is 11.6. The summed E-state index contributed by atoms with van der Waals surface area (Å²) in [5.41, 5.74) is 3.79. The van der Waals surface area contributed by atoms with Crippen LogP contribution in [0.4, 0.5) is 5.82 Å². The maximum atomic E-state index is 12.3. The monoisotopic (exact) mass is 291 g/mol. The van der Waals surface area contributed by atoms with Gasteiger partial charge in [0.05, 0.1) is 22.3 Å². The minimum Gasteiger partial charge on any atom is -0.345 e. The van der Waals surface area contributed by atoms with Gasteiger partial charge in [-0.1, -0.05) is 0 Å². The van der Waals surface area contributed by atoms with Gasteiger partial charge in [0.15, 0.2) is 5.82 Å². The fourth-order valence-electron chi connectivity index (χ4n) is 1.99. The van der Waals surface area contributed by atoms with Gasteiger partial charge in [-0.15, -0.1) is 11.3 Å². The summed E-state index contributed by atoms with van der Waals surface area (Å²) >= 11 is 1.59. The van der Waals surface area contributed by atoms with E-state index in [0.29, 0.717) is 11.4 Å². The lowest BCUT2D eigenvalue weighted by Gasteiger charge is -2.14. The van der Waals surface area contributed by atoms with Crippen LogP contribution in [0.1, 0.15) is 38.9 Å². The molecule has 0 fully saturated rings.